The summed E-state index contributed by atoms with van der Waals surface area (Å²) in [7, 11) is -4.86. The Labute approximate surface area is 345 Å². The summed E-state index contributed by atoms with van der Waals surface area (Å²) in [5.74, 6) is -0.572. The number of aliphatic hydroxyl groups excluding tert-OH is 1. The molecular weight excluding hydrogens is 792 g/mol. The number of benzene rings is 1. The Balaban J connectivity index is 1.04. The number of aromatic nitrogens is 3. The monoisotopic (exact) mass is 851 g/mol. The van der Waals surface area contributed by atoms with Gasteiger partial charge >= 0.3 is 7.82 Å². The predicted octanol–water partition coefficient (Wildman–Crippen LogP) is 8.06. The minimum Gasteiger partial charge on any atom is -0.386 e. The number of phosphoric acid groups is 1. The average molecular weight is 852 g/mol. The number of anilines is 1. The van der Waals surface area contributed by atoms with Gasteiger partial charge in [-0.15, -0.1) is 0 Å². The molecule has 0 spiro atoms. The number of aliphatic hydroxyl groups is 2. The van der Waals surface area contributed by atoms with E-state index in [1.807, 2.05) is 6.07 Å². The van der Waals surface area contributed by atoms with Crippen LogP contribution in [0.4, 0.5) is 10.2 Å². The van der Waals surface area contributed by atoms with Crippen LogP contribution in [0.5, 0.6) is 0 Å². The lowest BCUT2D eigenvalue weighted by molar-refractivity contribution is -0.127. The highest BCUT2D eigenvalue weighted by Crippen LogP contribution is 2.63. The van der Waals surface area contributed by atoms with Gasteiger partial charge in [0.1, 0.15) is 53.7 Å². The van der Waals surface area contributed by atoms with E-state index in [0.29, 0.717) is 23.4 Å². The number of hydrogen-bond acceptors (Lipinski definition) is 12. The smallest absolute Gasteiger partial charge is 0.386 e. The van der Waals surface area contributed by atoms with E-state index in [4.69, 9.17) is 40.6 Å². The second-order valence-electron chi connectivity index (χ2n) is 15.7. The maximum absolute atomic E-state index is 14.4. The number of ether oxygens (including phenoxy) is 3. The molecule has 1 aliphatic carbocycles. The van der Waals surface area contributed by atoms with Crippen molar-refractivity contribution in [3.05, 3.63) is 58.3 Å². The van der Waals surface area contributed by atoms with Crippen LogP contribution in [-0.2, 0) is 40.0 Å². The average Bonchev–Trinajstić information content (AvgIpc) is 3.44. The highest BCUT2D eigenvalue weighted by molar-refractivity contribution is 7.47. The van der Waals surface area contributed by atoms with Crippen molar-refractivity contribution < 1.29 is 47.3 Å². The predicted molar refractivity (Wildman–Crippen MR) is 216 cm³/mol. The Morgan fingerprint density at radius 1 is 1.03 bits per heavy atom. The first-order chi connectivity index (χ1) is 27.9. The van der Waals surface area contributed by atoms with E-state index in [-0.39, 0.29) is 29.6 Å². The Morgan fingerprint density at radius 2 is 1.66 bits per heavy atom. The summed E-state index contributed by atoms with van der Waals surface area (Å²) in [5.41, 5.74) is 3.56. The maximum atomic E-state index is 14.4. The standard InChI is InChI=1S/C41H60ClFN5O9P/c1-3-4-5-6-7-8-9-10-11-12-13-14-15-16-17-18-21-53-26-31(54-25-29-22-30(24-44)35(42)32(43)23-29)27-55-58(51,52)57-37-36-41(37,50)39(49)40(2,56-36)34-20-19-33-38(45)46-28-47-48(33)34/h19-20,22-23,28,31,36-37,39,49-50H,3-18,21,25-27H2,1-2H3,(H,51,52)(H2,45,46,47)/t31-,36-,37?,39+,40+,41+/m1/s1. The first kappa shape index (κ1) is 46.3. The number of halogens is 2. The van der Waals surface area contributed by atoms with Gasteiger partial charge in [0, 0.05) is 6.61 Å². The van der Waals surface area contributed by atoms with Crippen LogP contribution in [-0.4, -0.2) is 79.5 Å². The van der Waals surface area contributed by atoms with Gasteiger partial charge in [-0.3, -0.25) is 9.05 Å². The Hall–Kier alpha value is -2.74. The normalized spacial score (nSPS) is 24.1. The molecule has 1 aromatic carbocycles. The molecule has 1 saturated heterocycles. The van der Waals surface area contributed by atoms with E-state index >= 15 is 0 Å². The Morgan fingerprint density at radius 3 is 2.24 bits per heavy atom. The molecule has 322 valence electrons. The molecule has 2 aliphatic rings. The van der Waals surface area contributed by atoms with Crippen molar-refractivity contribution in [1.29, 1.82) is 5.26 Å². The number of nitriles is 1. The summed E-state index contributed by atoms with van der Waals surface area (Å²) >= 11 is 5.88. The molecule has 2 fully saturated rings. The highest BCUT2D eigenvalue weighted by Gasteiger charge is 2.82. The summed E-state index contributed by atoms with van der Waals surface area (Å²) in [6.45, 7) is 3.57. The summed E-state index contributed by atoms with van der Waals surface area (Å²) in [6, 6.07) is 7.67. The van der Waals surface area contributed by atoms with Gasteiger partial charge in [-0.2, -0.15) is 10.4 Å². The van der Waals surface area contributed by atoms with Crippen molar-refractivity contribution >= 4 is 30.8 Å². The molecule has 0 radical (unpaired) electrons. The third-order valence-electron chi connectivity index (χ3n) is 11.2. The molecule has 58 heavy (non-hydrogen) atoms. The number of nitrogens with zero attached hydrogens (tertiary/aromatic N) is 4. The first-order valence-corrected chi connectivity index (χ1v) is 22.6. The highest BCUT2D eigenvalue weighted by atomic mass is 35.5. The second-order valence-corrected chi connectivity index (χ2v) is 17.5. The van der Waals surface area contributed by atoms with Crippen LogP contribution in [0.2, 0.25) is 5.02 Å². The minimum atomic E-state index is -4.86. The molecule has 3 aromatic rings. The van der Waals surface area contributed by atoms with E-state index in [1.165, 1.54) is 100 Å². The minimum absolute atomic E-state index is 0.0184. The molecule has 17 heteroatoms. The number of hydrogen-bond donors (Lipinski definition) is 4. The zero-order valence-electron chi connectivity index (χ0n) is 33.7. The fraction of sp³-hybridized carbons (Fsp3) is 0.683. The zero-order chi connectivity index (χ0) is 41.8. The van der Waals surface area contributed by atoms with Gasteiger partial charge in [-0.05, 0) is 43.2 Å². The number of fused-ring (bicyclic) bond motifs is 2. The van der Waals surface area contributed by atoms with Gasteiger partial charge in [-0.1, -0.05) is 115 Å². The zero-order valence-corrected chi connectivity index (χ0v) is 35.3. The van der Waals surface area contributed by atoms with Crippen molar-refractivity contribution in [2.75, 3.05) is 25.6 Å². The summed E-state index contributed by atoms with van der Waals surface area (Å²) in [4.78, 5) is 14.7. The van der Waals surface area contributed by atoms with Crippen molar-refractivity contribution in [1.82, 2.24) is 14.6 Å². The molecule has 7 atom stereocenters. The van der Waals surface area contributed by atoms with Gasteiger partial charge in [0.25, 0.3) is 0 Å². The van der Waals surface area contributed by atoms with Gasteiger partial charge in [0.2, 0.25) is 0 Å². The lowest BCUT2D eigenvalue weighted by Gasteiger charge is -2.32. The Bertz CT molecular complexity index is 1870. The summed E-state index contributed by atoms with van der Waals surface area (Å²) < 4.78 is 57.4. The lowest BCUT2D eigenvalue weighted by Crippen LogP contribution is -2.46. The van der Waals surface area contributed by atoms with Crippen LogP contribution in [0.3, 0.4) is 0 Å². The lowest BCUT2D eigenvalue weighted by atomic mass is 9.91. The molecule has 2 aromatic heterocycles. The van der Waals surface area contributed by atoms with Crippen LogP contribution in [0.25, 0.3) is 5.52 Å². The van der Waals surface area contributed by atoms with E-state index in [9.17, 15) is 29.3 Å². The maximum Gasteiger partial charge on any atom is 0.472 e. The number of phosphoric ester groups is 1. The molecule has 1 aliphatic heterocycles. The van der Waals surface area contributed by atoms with Crippen LogP contribution in [0, 0.1) is 17.1 Å². The quantitative estimate of drug-likeness (QED) is 0.0404. The molecule has 0 amide bonds. The van der Waals surface area contributed by atoms with Crippen molar-refractivity contribution in [2.24, 2.45) is 0 Å². The van der Waals surface area contributed by atoms with Crippen molar-refractivity contribution in [3.63, 3.8) is 0 Å². The number of nitrogen functional groups attached to an aromatic ring is 1. The molecule has 2 unspecified atom stereocenters. The molecule has 14 nitrogen and oxygen atoms in total. The number of rotatable bonds is 28. The summed E-state index contributed by atoms with van der Waals surface area (Å²) in [6.07, 6.45) is 16.3. The molecular formula is C41H60ClFN5O9P. The summed E-state index contributed by atoms with van der Waals surface area (Å²) in [5, 5.41) is 35.9. The molecule has 1 saturated carbocycles. The third kappa shape index (κ3) is 11.8. The molecule has 5 rings (SSSR count). The SMILES string of the molecule is CCCCCCCCCCCCCCCCCCOC[C@H](COP(=O)(O)OC1[C@H]2O[C@@](C)(c3ccc4c(N)ncnn34)[C@H](O)[C@@]12O)OCc1cc(F)c(Cl)c(C#N)c1. The van der Waals surface area contributed by atoms with E-state index < -0.39 is 55.9 Å². The van der Waals surface area contributed by atoms with Gasteiger partial charge < -0.3 is 35.1 Å². The van der Waals surface area contributed by atoms with Crippen molar-refractivity contribution in [2.45, 2.75) is 159 Å². The second kappa shape index (κ2) is 21.7. The van der Waals surface area contributed by atoms with Gasteiger partial charge in [-0.25, -0.2) is 18.5 Å². The van der Waals surface area contributed by atoms with E-state index in [0.717, 1.165) is 25.3 Å². The molecule has 0 bridgehead atoms. The number of unbranched alkanes of at least 4 members (excludes halogenated alkanes) is 15. The topological polar surface area (TPSA) is 204 Å². The van der Waals surface area contributed by atoms with Crippen LogP contribution >= 0.6 is 19.4 Å². The molecule has 3 heterocycles. The van der Waals surface area contributed by atoms with Crippen molar-refractivity contribution in [3.8, 4) is 6.07 Å². The molecule has 5 N–H and O–H groups in total. The van der Waals surface area contributed by atoms with E-state index in [1.54, 1.807) is 19.1 Å². The van der Waals surface area contributed by atoms with Gasteiger partial charge in [0.15, 0.2) is 11.4 Å². The van der Waals surface area contributed by atoms with E-state index in [2.05, 4.69) is 17.0 Å². The van der Waals surface area contributed by atoms with Crippen LogP contribution < -0.4 is 5.73 Å². The Kier molecular flexibility index (Phi) is 17.3. The fourth-order valence-corrected chi connectivity index (χ4v) is 8.86. The van der Waals surface area contributed by atoms with Gasteiger partial charge in [0.05, 0.1) is 36.1 Å². The largest absolute Gasteiger partial charge is 0.472 e. The third-order valence-corrected chi connectivity index (χ3v) is 12.6. The fourth-order valence-electron chi connectivity index (χ4n) is 7.72. The van der Waals surface area contributed by atoms with Crippen LogP contribution in [0.1, 0.15) is 133 Å². The first-order valence-electron chi connectivity index (χ1n) is 20.8. The van der Waals surface area contributed by atoms with Crippen LogP contribution in [0.15, 0.2) is 30.6 Å². The number of nitrogens with two attached hydrogens (primary N) is 1.